The summed E-state index contributed by atoms with van der Waals surface area (Å²) in [5, 5.41) is 9.83. The van der Waals surface area contributed by atoms with E-state index in [1.54, 1.807) is 4.90 Å². The molecule has 0 bridgehead atoms. The third-order valence-electron chi connectivity index (χ3n) is 3.64. The minimum Gasteiger partial charge on any atom is -0.444 e. The Balaban J connectivity index is 2.24. The number of carbonyl (C=O) groups is 1. The molecule has 0 aliphatic carbocycles. The highest BCUT2D eigenvalue weighted by molar-refractivity contribution is 7.73. The van der Waals surface area contributed by atoms with E-state index >= 15 is 0 Å². The van der Waals surface area contributed by atoms with Crippen molar-refractivity contribution in [1.82, 2.24) is 4.90 Å². The van der Waals surface area contributed by atoms with Crippen molar-refractivity contribution in [3.63, 3.8) is 0 Å². The predicted molar refractivity (Wildman–Crippen MR) is 94.1 cm³/mol. The van der Waals surface area contributed by atoms with Crippen LogP contribution in [-0.4, -0.2) is 29.7 Å². The molecule has 1 unspecified atom stereocenters. The molecule has 0 radical (unpaired) electrons. The fourth-order valence-electron chi connectivity index (χ4n) is 2.70. The summed E-state index contributed by atoms with van der Waals surface area (Å²) in [5.41, 5.74) is 6.76. The van der Waals surface area contributed by atoms with Gasteiger partial charge in [-0.15, -0.1) is 11.3 Å². The van der Waals surface area contributed by atoms with Crippen molar-refractivity contribution < 1.29 is 9.53 Å². The maximum absolute atomic E-state index is 12.3. The van der Waals surface area contributed by atoms with Crippen LogP contribution in [0.25, 0.3) is 0 Å². The van der Waals surface area contributed by atoms with Gasteiger partial charge in [0.15, 0.2) is 0 Å². The highest BCUT2D eigenvalue weighted by Crippen LogP contribution is 2.34. The van der Waals surface area contributed by atoms with Gasteiger partial charge in [-0.1, -0.05) is 12.2 Å². The summed E-state index contributed by atoms with van der Waals surface area (Å²) < 4.78 is 6.10. The van der Waals surface area contributed by atoms with Crippen LogP contribution in [0, 0.1) is 15.2 Å². The summed E-state index contributed by atoms with van der Waals surface area (Å²) in [7, 11) is 0. The van der Waals surface area contributed by atoms with E-state index in [-0.39, 0.29) is 12.0 Å². The molecule has 2 rings (SSSR count). The molecule has 2 N–H and O–H groups in total. The largest absolute Gasteiger partial charge is 0.444 e. The molecular weight excluding hydrogens is 330 g/mol. The lowest BCUT2D eigenvalue weighted by atomic mass is 9.89. The Labute approximate surface area is 145 Å². The Bertz CT molecular complexity index is 701. The lowest BCUT2D eigenvalue weighted by molar-refractivity contribution is 0.0198. The molecule has 1 fully saturated rings. The van der Waals surface area contributed by atoms with E-state index in [1.807, 2.05) is 26.8 Å². The van der Waals surface area contributed by atoms with E-state index in [1.165, 1.54) is 11.3 Å². The number of likely N-dealkylation sites (tertiary alicyclic amines) is 1. The van der Waals surface area contributed by atoms with E-state index in [2.05, 4.69) is 6.07 Å². The molecule has 1 aromatic rings. The van der Waals surface area contributed by atoms with Crippen molar-refractivity contribution >= 4 is 34.6 Å². The summed E-state index contributed by atoms with van der Waals surface area (Å²) in [6.45, 7) is 6.74. The van der Waals surface area contributed by atoms with Gasteiger partial charge in [0.25, 0.3) is 0 Å². The number of nitrogens with zero attached hydrogens (tertiary/aromatic N) is 2. The second kappa shape index (κ2) is 6.85. The normalized spacial score (nSPS) is 18.3. The molecule has 1 atom stereocenters. The number of hydrogen-bond acceptors (Lipinski definition) is 6. The summed E-state index contributed by atoms with van der Waals surface area (Å²) in [6.07, 6.45) is 1.45. The van der Waals surface area contributed by atoms with Crippen molar-refractivity contribution in [2.24, 2.45) is 0 Å². The molecule has 0 spiro atoms. The quantitative estimate of drug-likeness (QED) is 0.772. The number of nitrogen functional groups attached to an aromatic ring is 1. The molecule has 0 saturated carbocycles. The van der Waals surface area contributed by atoms with E-state index in [9.17, 15) is 10.1 Å². The van der Waals surface area contributed by atoms with E-state index < -0.39 is 5.60 Å². The van der Waals surface area contributed by atoms with Crippen LogP contribution < -0.4 is 5.73 Å². The Morgan fingerprint density at radius 3 is 2.87 bits per heavy atom. The Morgan fingerprint density at radius 2 is 2.26 bits per heavy atom. The Hall–Kier alpha value is -1.65. The van der Waals surface area contributed by atoms with Crippen LogP contribution in [0.4, 0.5) is 9.80 Å². The molecule has 124 valence electrons. The van der Waals surface area contributed by atoms with E-state index in [0.29, 0.717) is 27.5 Å². The number of amides is 1. The molecule has 1 aromatic heterocycles. The molecule has 1 aliphatic heterocycles. The number of nitrogens with two attached hydrogens (primary N) is 1. The van der Waals surface area contributed by atoms with Crippen molar-refractivity contribution in [1.29, 1.82) is 5.26 Å². The summed E-state index contributed by atoms with van der Waals surface area (Å²) in [5.74, 6) is 0.0586. The molecule has 1 amide bonds. The van der Waals surface area contributed by atoms with Crippen molar-refractivity contribution in [2.75, 3.05) is 18.8 Å². The number of carbonyl (C=O) groups excluding carboxylic acids is 1. The van der Waals surface area contributed by atoms with Gasteiger partial charge in [-0.05, 0) is 45.2 Å². The average Bonchev–Trinajstić information content (AvgIpc) is 2.45. The summed E-state index contributed by atoms with van der Waals surface area (Å²) in [4.78, 5) is 14.0. The summed E-state index contributed by atoms with van der Waals surface area (Å²) >= 11 is 6.48. The van der Waals surface area contributed by atoms with Gasteiger partial charge in [0, 0.05) is 19.0 Å². The molecule has 1 saturated heterocycles. The fourth-order valence-corrected chi connectivity index (χ4v) is 3.76. The average molecular weight is 351 g/mol. The van der Waals surface area contributed by atoms with Gasteiger partial charge >= 0.3 is 6.09 Å². The first-order valence-corrected chi connectivity index (χ1v) is 8.75. The maximum atomic E-state index is 12.3. The smallest absolute Gasteiger partial charge is 0.410 e. The van der Waals surface area contributed by atoms with Gasteiger partial charge < -0.3 is 15.4 Å². The molecule has 5 nitrogen and oxygen atoms in total. The van der Waals surface area contributed by atoms with Crippen molar-refractivity contribution in [3.05, 3.63) is 21.0 Å². The molecule has 2 heterocycles. The Kier molecular flexibility index (Phi) is 5.27. The lowest BCUT2D eigenvalue weighted by Gasteiger charge is -2.34. The van der Waals surface area contributed by atoms with Crippen LogP contribution in [-0.2, 0) is 4.74 Å². The summed E-state index contributed by atoms with van der Waals surface area (Å²) in [6, 6.07) is 4.02. The second-order valence-electron chi connectivity index (χ2n) is 6.64. The first-order chi connectivity index (χ1) is 10.7. The third kappa shape index (κ3) is 4.43. The zero-order chi connectivity index (χ0) is 17.2. The lowest BCUT2D eigenvalue weighted by Crippen LogP contribution is -2.42. The van der Waals surface area contributed by atoms with E-state index in [0.717, 1.165) is 18.4 Å². The number of rotatable bonds is 1. The zero-order valence-electron chi connectivity index (χ0n) is 13.6. The number of nitriles is 1. The van der Waals surface area contributed by atoms with Gasteiger partial charge in [-0.2, -0.15) is 5.26 Å². The third-order valence-corrected chi connectivity index (χ3v) is 4.75. The molecule has 23 heavy (non-hydrogen) atoms. The molecular formula is C16H21N3O2S2. The molecule has 1 aliphatic rings. The van der Waals surface area contributed by atoms with Crippen molar-refractivity contribution in [2.45, 2.75) is 45.1 Å². The number of ether oxygens (including phenoxy) is 1. The van der Waals surface area contributed by atoms with Crippen LogP contribution in [0.3, 0.4) is 0 Å². The van der Waals surface area contributed by atoms with Gasteiger partial charge in [0.1, 0.15) is 16.7 Å². The zero-order valence-corrected chi connectivity index (χ0v) is 15.2. The number of anilines is 1. The van der Waals surface area contributed by atoms with Crippen LogP contribution in [0.2, 0.25) is 0 Å². The highest BCUT2D eigenvalue weighted by Gasteiger charge is 2.29. The molecule has 7 heteroatoms. The van der Waals surface area contributed by atoms with Crippen LogP contribution in [0.5, 0.6) is 0 Å². The Morgan fingerprint density at radius 1 is 1.57 bits per heavy atom. The number of piperidine rings is 1. The molecule has 0 aromatic carbocycles. The highest BCUT2D eigenvalue weighted by atomic mass is 32.1. The monoisotopic (exact) mass is 351 g/mol. The van der Waals surface area contributed by atoms with Crippen LogP contribution >= 0.6 is 23.6 Å². The van der Waals surface area contributed by atoms with Gasteiger partial charge in [-0.25, -0.2) is 4.79 Å². The topological polar surface area (TPSA) is 79.3 Å². The van der Waals surface area contributed by atoms with Crippen LogP contribution in [0.1, 0.15) is 50.7 Å². The van der Waals surface area contributed by atoms with Gasteiger partial charge in [-0.3, -0.25) is 0 Å². The van der Waals surface area contributed by atoms with Crippen LogP contribution in [0.15, 0.2) is 6.07 Å². The fraction of sp³-hybridized carbons (Fsp3) is 0.562. The standard InChI is InChI=1S/C16H21N3O2S2/c1-16(2,3)21-15(20)19-6-4-5-10(9-19)11-7-13(22)23-14(18)12(11)8-17/h7,10H,4-6,9,18H2,1-3H3. The first-order valence-electron chi connectivity index (χ1n) is 7.53. The maximum Gasteiger partial charge on any atom is 0.410 e. The van der Waals surface area contributed by atoms with Gasteiger partial charge in [0.05, 0.1) is 9.39 Å². The minimum atomic E-state index is -0.519. The predicted octanol–water partition coefficient (Wildman–Crippen LogP) is 4.05. The number of hydrogen-bond donors (Lipinski definition) is 1. The van der Waals surface area contributed by atoms with Gasteiger partial charge in [0.2, 0.25) is 0 Å². The van der Waals surface area contributed by atoms with E-state index in [4.69, 9.17) is 22.7 Å². The SMILES string of the molecule is CC(C)(C)OC(=O)N1CCCC(c2cc(=S)sc(N)c2C#N)C1. The first kappa shape index (κ1) is 17.7. The second-order valence-corrected chi connectivity index (χ2v) is 8.42. The van der Waals surface area contributed by atoms with Crippen molar-refractivity contribution in [3.8, 4) is 6.07 Å². The minimum absolute atomic E-state index is 0.0586.